The standard InChI is InChI=1S/C19H20N2O6/c1-25-16-11-18(27-3)17(26-2)10-14(16)12-20-19(22)9-6-13-4-7-15(8-5-13)21(23)24/h4-11H,12H2,1-3H3,(H,20,22)/b9-6+. The number of benzene rings is 2. The summed E-state index contributed by atoms with van der Waals surface area (Å²) in [6.07, 6.45) is 2.93. The number of hydrogen-bond donors (Lipinski definition) is 1. The molecule has 8 nitrogen and oxygen atoms in total. The Labute approximate surface area is 156 Å². The molecule has 0 aliphatic heterocycles. The van der Waals surface area contributed by atoms with Gasteiger partial charge in [0.25, 0.3) is 5.69 Å². The van der Waals surface area contributed by atoms with Crippen molar-refractivity contribution in [2.24, 2.45) is 0 Å². The normalized spacial score (nSPS) is 10.5. The van der Waals surface area contributed by atoms with Crippen molar-refractivity contribution in [2.45, 2.75) is 6.54 Å². The van der Waals surface area contributed by atoms with Crippen LogP contribution in [0.15, 0.2) is 42.5 Å². The van der Waals surface area contributed by atoms with Gasteiger partial charge in [-0.15, -0.1) is 0 Å². The average Bonchev–Trinajstić information content (AvgIpc) is 2.70. The van der Waals surface area contributed by atoms with Gasteiger partial charge < -0.3 is 19.5 Å². The maximum Gasteiger partial charge on any atom is 0.269 e. The average molecular weight is 372 g/mol. The molecule has 0 radical (unpaired) electrons. The Balaban J connectivity index is 2.03. The van der Waals surface area contributed by atoms with Crippen molar-refractivity contribution in [3.63, 3.8) is 0 Å². The molecule has 2 rings (SSSR count). The second-order valence-electron chi connectivity index (χ2n) is 5.42. The first-order valence-electron chi connectivity index (χ1n) is 7.97. The van der Waals surface area contributed by atoms with Crippen molar-refractivity contribution >= 4 is 17.7 Å². The smallest absolute Gasteiger partial charge is 0.269 e. The van der Waals surface area contributed by atoms with Crippen molar-refractivity contribution < 1.29 is 23.9 Å². The quantitative estimate of drug-likeness (QED) is 0.434. The molecule has 0 unspecified atom stereocenters. The molecule has 1 N–H and O–H groups in total. The predicted molar refractivity (Wildman–Crippen MR) is 100 cm³/mol. The first kappa shape index (κ1) is 19.8. The summed E-state index contributed by atoms with van der Waals surface area (Å²) in [6.45, 7) is 0.229. The summed E-state index contributed by atoms with van der Waals surface area (Å²) in [4.78, 5) is 22.2. The molecule has 0 fully saturated rings. The van der Waals surface area contributed by atoms with Crippen LogP contribution < -0.4 is 19.5 Å². The van der Waals surface area contributed by atoms with Crippen LogP contribution in [0.2, 0.25) is 0 Å². The van der Waals surface area contributed by atoms with Gasteiger partial charge in [0.05, 0.1) is 26.3 Å². The van der Waals surface area contributed by atoms with Crippen molar-refractivity contribution in [3.05, 3.63) is 63.7 Å². The lowest BCUT2D eigenvalue weighted by Gasteiger charge is -2.14. The van der Waals surface area contributed by atoms with E-state index in [4.69, 9.17) is 14.2 Å². The number of ether oxygens (including phenoxy) is 3. The van der Waals surface area contributed by atoms with Crippen LogP contribution in [0.3, 0.4) is 0 Å². The Bertz CT molecular complexity index is 846. The van der Waals surface area contributed by atoms with Crippen LogP contribution in [0, 0.1) is 10.1 Å². The second-order valence-corrected chi connectivity index (χ2v) is 5.42. The molecular formula is C19H20N2O6. The van der Waals surface area contributed by atoms with Gasteiger partial charge >= 0.3 is 0 Å². The van der Waals surface area contributed by atoms with E-state index in [0.717, 1.165) is 5.56 Å². The molecule has 27 heavy (non-hydrogen) atoms. The zero-order valence-corrected chi connectivity index (χ0v) is 15.2. The third kappa shape index (κ3) is 5.21. The van der Waals surface area contributed by atoms with Crippen LogP contribution in [0.5, 0.6) is 17.2 Å². The number of amides is 1. The Morgan fingerprint density at radius 1 is 1.04 bits per heavy atom. The third-order valence-electron chi connectivity index (χ3n) is 3.77. The van der Waals surface area contributed by atoms with E-state index in [1.807, 2.05) is 0 Å². The number of nitro groups is 1. The summed E-state index contributed by atoms with van der Waals surface area (Å²) < 4.78 is 15.8. The van der Waals surface area contributed by atoms with Crippen LogP contribution in [0.4, 0.5) is 5.69 Å². The first-order chi connectivity index (χ1) is 13.0. The van der Waals surface area contributed by atoms with Crippen LogP contribution in [-0.2, 0) is 11.3 Å². The van der Waals surface area contributed by atoms with Crippen LogP contribution in [0.1, 0.15) is 11.1 Å². The van der Waals surface area contributed by atoms with Crippen molar-refractivity contribution in [2.75, 3.05) is 21.3 Å². The molecule has 0 saturated carbocycles. The van der Waals surface area contributed by atoms with Gasteiger partial charge in [0.1, 0.15) is 5.75 Å². The Kier molecular flexibility index (Phi) is 6.76. The van der Waals surface area contributed by atoms with Gasteiger partial charge in [-0.3, -0.25) is 14.9 Å². The molecule has 0 aromatic heterocycles. The van der Waals surface area contributed by atoms with Gasteiger partial charge in [-0.05, 0) is 29.8 Å². The number of nitrogens with one attached hydrogen (secondary N) is 1. The molecule has 0 aliphatic rings. The van der Waals surface area contributed by atoms with Crippen LogP contribution in [-0.4, -0.2) is 32.2 Å². The third-order valence-corrected chi connectivity index (χ3v) is 3.77. The number of carbonyl (C=O) groups excluding carboxylic acids is 1. The maximum absolute atomic E-state index is 12.0. The first-order valence-corrected chi connectivity index (χ1v) is 7.97. The molecule has 0 spiro atoms. The number of carbonyl (C=O) groups is 1. The van der Waals surface area contributed by atoms with Crippen molar-refractivity contribution in [1.29, 1.82) is 0 Å². The molecular weight excluding hydrogens is 352 g/mol. The van der Waals surface area contributed by atoms with E-state index in [1.165, 1.54) is 39.5 Å². The highest BCUT2D eigenvalue weighted by molar-refractivity contribution is 5.91. The van der Waals surface area contributed by atoms with E-state index in [2.05, 4.69) is 5.32 Å². The van der Waals surface area contributed by atoms with E-state index in [0.29, 0.717) is 22.8 Å². The molecule has 0 saturated heterocycles. The maximum atomic E-state index is 12.0. The van der Waals surface area contributed by atoms with Crippen molar-refractivity contribution in [3.8, 4) is 17.2 Å². The summed E-state index contributed by atoms with van der Waals surface area (Å²) >= 11 is 0. The predicted octanol–water partition coefficient (Wildman–Crippen LogP) is 2.95. The SMILES string of the molecule is COc1cc(OC)c(OC)cc1CNC(=O)/C=C/c1ccc([N+](=O)[O-])cc1. The lowest BCUT2D eigenvalue weighted by Crippen LogP contribution is -2.20. The highest BCUT2D eigenvalue weighted by atomic mass is 16.6. The number of rotatable bonds is 8. The zero-order valence-electron chi connectivity index (χ0n) is 15.2. The summed E-state index contributed by atoms with van der Waals surface area (Å²) in [5.41, 5.74) is 1.41. The summed E-state index contributed by atoms with van der Waals surface area (Å²) in [6, 6.07) is 9.32. The Morgan fingerprint density at radius 3 is 2.19 bits per heavy atom. The number of nitro benzene ring substituents is 1. The fourth-order valence-electron chi connectivity index (χ4n) is 2.35. The minimum absolute atomic E-state index is 0.00264. The molecule has 0 heterocycles. The molecule has 0 atom stereocenters. The molecule has 2 aromatic carbocycles. The number of nitrogens with zero attached hydrogens (tertiary/aromatic N) is 1. The van der Waals surface area contributed by atoms with Crippen molar-refractivity contribution in [1.82, 2.24) is 5.32 Å². The van der Waals surface area contributed by atoms with Crippen LogP contribution in [0.25, 0.3) is 6.08 Å². The van der Waals surface area contributed by atoms with Gasteiger partial charge in [-0.25, -0.2) is 0 Å². The topological polar surface area (TPSA) is 99.9 Å². The van der Waals surface area contributed by atoms with Gasteiger partial charge in [0.2, 0.25) is 5.91 Å². The largest absolute Gasteiger partial charge is 0.496 e. The minimum atomic E-state index is -0.475. The van der Waals surface area contributed by atoms with E-state index in [1.54, 1.807) is 30.3 Å². The summed E-state index contributed by atoms with van der Waals surface area (Å²) in [5.74, 6) is 1.31. The lowest BCUT2D eigenvalue weighted by atomic mass is 10.1. The molecule has 8 heteroatoms. The van der Waals surface area contributed by atoms with Gasteiger partial charge in [-0.1, -0.05) is 0 Å². The highest BCUT2D eigenvalue weighted by Gasteiger charge is 2.12. The van der Waals surface area contributed by atoms with Gasteiger partial charge in [0, 0.05) is 36.4 Å². The minimum Gasteiger partial charge on any atom is -0.496 e. The van der Waals surface area contributed by atoms with E-state index >= 15 is 0 Å². The lowest BCUT2D eigenvalue weighted by molar-refractivity contribution is -0.384. The molecule has 142 valence electrons. The van der Waals surface area contributed by atoms with Gasteiger partial charge in [0.15, 0.2) is 11.5 Å². The molecule has 0 aliphatic carbocycles. The number of non-ortho nitro benzene ring substituents is 1. The van der Waals surface area contributed by atoms with E-state index < -0.39 is 4.92 Å². The summed E-state index contributed by atoms with van der Waals surface area (Å²) in [7, 11) is 4.59. The number of hydrogen-bond acceptors (Lipinski definition) is 6. The number of methoxy groups -OCH3 is 3. The molecule has 2 aromatic rings. The zero-order chi connectivity index (χ0) is 19.8. The monoisotopic (exact) mass is 372 g/mol. The molecule has 0 bridgehead atoms. The van der Waals surface area contributed by atoms with Crippen LogP contribution >= 0.6 is 0 Å². The molecule has 1 amide bonds. The summed E-state index contributed by atoms with van der Waals surface area (Å²) in [5, 5.41) is 13.4. The van der Waals surface area contributed by atoms with E-state index in [-0.39, 0.29) is 18.1 Å². The fraction of sp³-hybridized carbons (Fsp3) is 0.211. The fourth-order valence-corrected chi connectivity index (χ4v) is 2.35. The van der Waals surface area contributed by atoms with E-state index in [9.17, 15) is 14.9 Å². The second kappa shape index (κ2) is 9.23. The highest BCUT2D eigenvalue weighted by Crippen LogP contribution is 2.34. The Morgan fingerprint density at radius 2 is 1.63 bits per heavy atom. The van der Waals surface area contributed by atoms with Gasteiger partial charge in [-0.2, -0.15) is 0 Å². The Hall–Kier alpha value is -3.55.